The molecule has 150 valence electrons. The number of carbonyl (C=O) groups excluding carboxylic acids is 1. The second-order valence-corrected chi connectivity index (χ2v) is 7.26. The van der Waals surface area contributed by atoms with E-state index in [-0.39, 0.29) is 18.4 Å². The lowest BCUT2D eigenvalue weighted by Gasteiger charge is -2.28. The Morgan fingerprint density at radius 1 is 1.50 bits per heavy atom. The number of allylic oxidation sites excluding steroid dienone is 1. The van der Waals surface area contributed by atoms with E-state index in [1.807, 2.05) is 6.07 Å². The Balaban J connectivity index is 1.84. The van der Waals surface area contributed by atoms with Gasteiger partial charge in [0.05, 0.1) is 18.4 Å². The van der Waals surface area contributed by atoms with E-state index in [1.54, 1.807) is 18.3 Å². The SMILES string of the molecule is C=C(/N=C\CCC)NC(=O)CN1N=C(C(C)C)c2oc(OC)cc2C1=C1CC1. The average molecular weight is 384 g/mol. The van der Waals surface area contributed by atoms with Gasteiger partial charge in [0.15, 0.2) is 5.76 Å². The van der Waals surface area contributed by atoms with Gasteiger partial charge in [-0.05, 0) is 24.8 Å². The van der Waals surface area contributed by atoms with Gasteiger partial charge in [0.25, 0.3) is 5.95 Å². The smallest absolute Gasteiger partial charge is 0.285 e. The van der Waals surface area contributed by atoms with Crippen molar-refractivity contribution in [3.05, 3.63) is 35.4 Å². The molecule has 0 bridgehead atoms. The lowest BCUT2D eigenvalue weighted by atomic mass is 9.99. The van der Waals surface area contributed by atoms with E-state index < -0.39 is 0 Å². The number of hydrogen-bond acceptors (Lipinski definition) is 6. The zero-order chi connectivity index (χ0) is 20.3. The van der Waals surface area contributed by atoms with E-state index in [1.165, 1.54) is 5.57 Å². The first-order chi connectivity index (χ1) is 13.4. The van der Waals surface area contributed by atoms with Crippen LogP contribution in [0.25, 0.3) is 5.70 Å². The van der Waals surface area contributed by atoms with E-state index in [0.29, 0.717) is 11.8 Å². The highest BCUT2D eigenvalue weighted by Gasteiger charge is 2.35. The van der Waals surface area contributed by atoms with E-state index in [4.69, 9.17) is 14.3 Å². The standard InChI is InChI=1S/C21H28N4O3/c1-6-7-10-22-14(4)23-17(26)12-25-20(15-8-9-15)16-11-18(27-5)28-21(16)19(24-25)13(2)3/h10-11,13H,4,6-9,12H2,1-3,5H3,(H,23,26)/b22-10-. The summed E-state index contributed by atoms with van der Waals surface area (Å²) in [6.45, 7) is 10.1. The summed E-state index contributed by atoms with van der Waals surface area (Å²) in [6, 6.07) is 1.88. The molecule has 2 heterocycles. The molecule has 1 aromatic heterocycles. The maximum Gasteiger partial charge on any atom is 0.285 e. The van der Waals surface area contributed by atoms with Crippen molar-refractivity contribution in [1.29, 1.82) is 0 Å². The van der Waals surface area contributed by atoms with Crippen LogP contribution >= 0.6 is 0 Å². The van der Waals surface area contributed by atoms with Crippen LogP contribution in [0.1, 0.15) is 57.8 Å². The number of carbonyl (C=O) groups is 1. The summed E-state index contributed by atoms with van der Waals surface area (Å²) in [5.41, 5.74) is 3.96. The van der Waals surface area contributed by atoms with E-state index in [2.05, 4.69) is 37.7 Å². The molecule has 0 atom stereocenters. The van der Waals surface area contributed by atoms with Crippen LogP contribution in [0.4, 0.5) is 0 Å². The first kappa shape index (κ1) is 19.9. The van der Waals surface area contributed by atoms with Crippen molar-refractivity contribution in [3.63, 3.8) is 0 Å². The normalized spacial score (nSPS) is 15.8. The van der Waals surface area contributed by atoms with Gasteiger partial charge in [0.1, 0.15) is 18.1 Å². The molecule has 0 unspecified atom stereocenters. The zero-order valence-corrected chi connectivity index (χ0v) is 17.0. The predicted octanol–water partition coefficient (Wildman–Crippen LogP) is 3.93. The van der Waals surface area contributed by atoms with Crippen molar-refractivity contribution in [2.75, 3.05) is 13.7 Å². The number of aliphatic imine (C=N–C) groups is 1. The molecule has 0 aromatic carbocycles. The van der Waals surface area contributed by atoms with Crippen LogP contribution in [-0.4, -0.2) is 36.5 Å². The van der Waals surface area contributed by atoms with Crippen molar-refractivity contribution >= 4 is 23.5 Å². The molecule has 1 aliphatic heterocycles. The van der Waals surface area contributed by atoms with E-state index >= 15 is 0 Å². The summed E-state index contributed by atoms with van der Waals surface area (Å²) in [5.74, 6) is 1.45. The van der Waals surface area contributed by atoms with Crippen LogP contribution < -0.4 is 10.1 Å². The molecule has 0 radical (unpaired) electrons. The maximum absolute atomic E-state index is 12.6. The Bertz CT molecular complexity index is 855. The minimum atomic E-state index is -0.205. The molecular weight excluding hydrogens is 356 g/mol. The van der Waals surface area contributed by atoms with Gasteiger partial charge in [-0.25, -0.2) is 4.99 Å². The largest absolute Gasteiger partial charge is 0.468 e. The first-order valence-corrected chi connectivity index (χ1v) is 9.72. The van der Waals surface area contributed by atoms with Crippen molar-refractivity contribution in [2.24, 2.45) is 16.0 Å². The molecule has 0 saturated heterocycles. The second kappa shape index (κ2) is 8.46. The molecular formula is C21H28N4O3. The van der Waals surface area contributed by atoms with Crippen LogP contribution in [0.15, 0.2) is 38.6 Å². The molecule has 7 heteroatoms. The van der Waals surface area contributed by atoms with Gasteiger partial charge in [-0.15, -0.1) is 0 Å². The van der Waals surface area contributed by atoms with Crippen LogP contribution in [0.3, 0.4) is 0 Å². The van der Waals surface area contributed by atoms with Crippen LogP contribution in [0.5, 0.6) is 5.95 Å². The number of nitrogens with zero attached hydrogens (tertiary/aromatic N) is 3. The lowest BCUT2D eigenvalue weighted by Crippen LogP contribution is -2.36. The Labute approximate surface area is 165 Å². The van der Waals surface area contributed by atoms with Gasteiger partial charge < -0.3 is 14.5 Å². The predicted molar refractivity (Wildman–Crippen MR) is 110 cm³/mol. The van der Waals surface area contributed by atoms with Gasteiger partial charge in [0.2, 0.25) is 5.91 Å². The fraction of sp³-hybridized carbons (Fsp3) is 0.476. The highest BCUT2D eigenvalue weighted by molar-refractivity contribution is 6.06. The Kier molecular flexibility index (Phi) is 6.02. The minimum absolute atomic E-state index is 0.0876. The number of unbranched alkanes of at least 4 members (excludes halogenated alkanes) is 1. The summed E-state index contributed by atoms with van der Waals surface area (Å²) in [5, 5.41) is 9.26. The summed E-state index contributed by atoms with van der Waals surface area (Å²) in [4.78, 5) is 16.7. The molecule has 1 aliphatic carbocycles. The molecule has 0 spiro atoms. The molecule has 28 heavy (non-hydrogen) atoms. The number of hydrazone groups is 1. The molecule has 3 rings (SSSR count). The molecule has 7 nitrogen and oxygen atoms in total. The van der Waals surface area contributed by atoms with Crippen molar-refractivity contribution in [1.82, 2.24) is 10.3 Å². The number of fused-ring (bicyclic) bond motifs is 1. The third-order valence-electron chi connectivity index (χ3n) is 4.51. The molecule has 1 fully saturated rings. The monoisotopic (exact) mass is 384 g/mol. The summed E-state index contributed by atoms with van der Waals surface area (Å²) in [6.07, 6.45) is 5.62. The summed E-state index contributed by atoms with van der Waals surface area (Å²) >= 11 is 0. The summed E-state index contributed by atoms with van der Waals surface area (Å²) < 4.78 is 11.2. The number of ether oxygens (including phenoxy) is 1. The Morgan fingerprint density at radius 2 is 2.25 bits per heavy atom. The Hall–Kier alpha value is -2.83. The quantitative estimate of drug-likeness (QED) is 0.689. The number of furan rings is 1. The molecule has 1 aromatic rings. The molecule has 1 N–H and O–H groups in total. The maximum atomic E-state index is 12.6. The lowest BCUT2D eigenvalue weighted by molar-refractivity contribution is -0.120. The first-order valence-electron chi connectivity index (χ1n) is 9.72. The Morgan fingerprint density at radius 3 is 2.86 bits per heavy atom. The molecule has 2 aliphatic rings. The number of amides is 1. The van der Waals surface area contributed by atoms with Gasteiger partial charge in [-0.3, -0.25) is 9.80 Å². The summed E-state index contributed by atoms with van der Waals surface area (Å²) in [7, 11) is 1.58. The highest BCUT2D eigenvalue weighted by Crippen LogP contribution is 2.44. The van der Waals surface area contributed by atoms with E-state index in [9.17, 15) is 4.79 Å². The van der Waals surface area contributed by atoms with Crippen LogP contribution in [-0.2, 0) is 4.79 Å². The number of rotatable bonds is 8. The molecule has 1 amide bonds. The number of methoxy groups -OCH3 is 1. The number of hydrogen-bond donors (Lipinski definition) is 1. The minimum Gasteiger partial charge on any atom is -0.468 e. The second-order valence-electron chi connectivity index (χ2n) is 7.26. The van der Waals surface area contributed by atoms with Gasteiger partial charge in [-0.1, -0.05) is 33.8 Å². The molecule has 1 saturated carbocycles. The fourth-order valence-electron chi connectivity index (χ4n) is 3.04. The average Bonchev–Trinajstić information content (AvgIpc) is 3.38. The third-order valence-corrected chi connectivity index (χ3v) is 4.51. The van der Waals surface area contributed by atoms with E-state index in [0.717, 1.165) is 48.4 Å². The van der Waals surface area contributed by atoms with Gasteiger partial charge in [-0.2, -0.15) is 5.10 Å². The van der Waals surface area contributed by atoms with Crippen molar-refractivity contribution < 1.29 is 13.9 Å². The van der Waals surface area contributed by atoms with Crippen molar-refractivity contribution in [2.45, 2.75) is 46.5 Å². The topological polar surface area (TPSA) is 79.4 Å². The zero-order valence-electron chi connectivity index (χ0n) is 17.0. The van der Waals surface area contributed by atoms with Crippen LogP contribution in [0, 0.1) is 5.92 Å². The third kappa shape index (κ3) is 4.35. The van der Waals surface area contributed by atoms with Gasteiger partial charge >= 0.3 is 0 Å². The highest BCUT2D eigenvalue weighted by atomic mass is 16.6. The fourth-order valence-corrected chi connectivity index (χ4v) is 3.04. The van der Waals surface area contributed by atoms with Crippen molar-refractivity contribution in [3.8, 4) is 5.95 Å². The number of nitrogens with one attached hydrogen (secondary N) is 1. The van der Waals surface area contributed by atoms with Gasteiger partial charge in [0, 0.05) is 18.2 Å². The van der Waals surface area contributed by atoms with Crippen LogP contribution in [0.2, 0.25) is 0 Å².